The summed E-state index contributed by atoms with van der Waals surface area (Å²) in [6, 6.07) is 2.15. The Bertz CT molecular complexity index is 587. The number of piperidine rings is 1. The van der Waals surface area contributed by atoms with Crippen LogP contribution in [-0.2, 0) is 4.79 Å². The van der Waals surface area contributed by atoms with E-state index in [0.717, 1.165) is 38.4 Å². The minimum Gasteiger partial charge on any atom is -0.356 e. The van der Waals surface area contributed by atoms with E-state index in [9.17, 15) is 4.79 Å². The molecule has 2 N–H and O–H groups in total. The number of likely N-dealkylation sites (N-methyl/N-ethyl adjacent to an activating group) is 1. The van der Waals surface area contributed by atoms with Crippen molar-refractivity contribution in [2.75, 3.05) is 45.2 Å². The third kappa shape index (κ3) is 8.27. The lowest BCUT2D eigenvalue weighted by molar-refractivity contribution is -0.127. The Labute approximate surface area is 179 Å². The van der Waals surface area contributed by atoms with Gasteiger partial charge in [-0.2, -0.15) is 0 Å². The number of anilines is 1. The van der Waals surface area contributed by atoms with Crippen molar-refractivity contribution in [1.29, 1.82) is 0 Å². The SMILES string of the molecule is CC(C)CNC(=NCC(=O)N(C)C)NC1CCN(c2ncccn2)CC1.I. The van der Waals surface area contributed by atoms with E-state index >= 15 is 0 Å². The van der Waals surface area contributed by atoms with Gasteiger partial charge in [-0.25, -0.2) is 15.0 Å². The van der Waals surface area contributed by atoms with E-state index in [4.69, 9.17) is 0 Å². The fourth-order valence-electron chi connectivity index (χ4n) is 2.61. The van der Waals surface area contributed by atoms with Crippen molar-refractivity contribution in [1.82, 2.24) is 25.5 Å². The average molecular weight is 489 g/mol. The predicted molar refractivity (Wildman–Crippen MR) is 120 cm³/mol. The van der Waals surface area contributed by atoms with Gasteiger partial charge in [-0.15, -0.1) is 24.0 Å². The summed E-state index contributed by atoms with van der Waals surface area (Å²) in [5.41, 5.74) is 0. The largest absolute Gasteiger partial charge is 0.356 e. The second-order valence-electron chi connectivity index (χ2n) is 7.18. The number of rotatable bonds is 6. The number of nitrogens with one attached hydrogen (secondary N) is 2. The number of hydrogen-bond acceptors (Lipinski definition) is 5. The van der Waals surface area contributed by atoms with Gasteiger partial charge in [-0.05, 0) is 24.8 Å². The Morgan fingerprint density at radius 2 is 1.93 bits per heavy atom. The van der Waals surface area contributed by atoms with Crippen molar-refractivity contribution in [2.45, 2.75) is 32.7 Å². The number of carbonyl (C=O) groups excluding carboxylic acids is 1. The topological polar surface area (TPSA) is 85.8 Å². The van der Waals surface area contributed by atoms with Gasteiger partial charge in [-0.1, -0.05) is 13.8 Å². The van der Waals surface area contributed by atoms with Crippen LogP contribution in [0, 0.1) is 5.92 Å². The summed E-state index contributed by atoms with van der Waals surface area (Å²) in [6.07, 6.45) is 5.49. The molecule has 0 radical (unpaired) electrons. The van der Waals surface area contributed by atoms with E-state index in [0.29, 0.717) is 17.9 Å². The molecule has 2 rings (SSSR count). The van der Waals surface area contributed by atoms with E-state index in [-0.39, 0.29) is 36.4 Å². The molecule has 27 heavy (non-hydrogen) atoms. The van der Waals surface area contributed by atoms with Crippen LogP contribution in [0.2, 0.25) is 0 Å². The molecule has 0 aliphatic carbocycles. The summed E-state index contributed by atoms with van der Waals surface area (Å²) in [6.45, 7) is 7.06. The maximum atomic E-state index is 11.8. The summed E-state index contributed by atoms with van der Waals surface area (Å²) in [7, 11) is 3.49. The first-order chi connectivity index (χ1) is 12.5. The average Bonchev–Trinajstić information content (AvgIpc) is 2.64. The van der Waals surface area contributed by atoms with Gasteiger partial charge < -0.3 is 20.4 Å². The van der Waals surface area contributed by atoms with E-state index in [1.807, 2.05) is 6.07 Å². The molecular formula is C18H32IN7O. The molecule has 8 nitrogen and oxygen atoms in total. The monoisotopic (exact) mass is 489 g/mol. The molecule has 1 aliphatic heterocycles. The fourth-order valence-corrected chi connectivity index (χ4v) is 2.61. The number of halogens is 1. The van der Waals surface area contributed by atoms with Crippen molar-refractivity contribution < 1.29 is 4.79 Å². The van der Waals surface area contributed by atoms with Gasteiger partial charge in [0.25, 0.3) is 0 Å². The lowest BCUT2D eigenvalue weighted by Crippen LogP contribution is -2.49. The first kappa shape index (κ1) is 23.4. The van der Waals surface area contributed by atoms with Crippen LogP contribution < -0.4 is 15.5 Å². The zero-order chi connectivity index (χ0) is 18.9. The summed E-state index contributed by atoms with van der Waals surface area (Å²) < 4.78 is 0. The third-order valence-electron chi connectivity index (χ3n) is 4.22. The molecule has 1 saturated heterocycles. The third-order valence-corrected chi connectivity index (χ3v) is 4.22. The van der Waals surface area contributed by atoms with E-state index < -0.39 is 0 Å². The van der Waals surface area contributed by atoms with Gasteiger partial charge in [0.15, 0.2) is 5.96 Å². The fraction of sp³-hybridized carbons (Fsp3) is 0.667. The maximum absolute atomic E-state index is 11.8. The number of aliphatic imine (C=N–C) groups is 1. The number of aromatic nitrogens is 2. The zero-order valence-corrected chi connectivity index (χ0v) is 19.0. The second kappa shape index (κ2) is 11.9. The molecule has 9 heteroatoms. The van der Waals surface area contributed by atoms with Crippen LogP contribution in [0.1, 0.15) is 26.7 Å². The molecule has 0 atom stereocenters. The van der Waals surface area contributed by atoms with E-state index in [1.165, 1.54) is 0 Å². The molecule has 0 spiro atoms. The zero-order valence-electron chi connectivity index (χ0n) is 16.7. The van der Waals surface area contributed by atoms with E-state index in [1.54, 1.807) is 31.4 Å². The number of nitrogens with zero attached hydrogens (tertiary/aromatic N) is 5. The Hall–Kier alpha value is -1.65. The van der Waals surface area contributed by atoms with Gasteiger partial charge in [0.05, 0.1) is 0 Å². The van der Waals surface area contributed by atoms with Gasteiger partial charge in [0.1, 0.15) is 6.54 Å². The van der Waals surface area contributed by atoms with Crippen LogP contribution in [0.5, 0.6) is 0 Å². The van der Waals surface area contributed by atoms with Crippen molar-refractivity contribution in [3.63, 3.8) is 0 Å². The van der Waals surface area contributed by atoms with Crippen molar-refractivity contribution in [2.24, 2.45) is 10.9 Å². The van der Waals surface area contributed by atoms with Gasteiger partial charge in [0.2, 0.25) is 11.9 Å². The number of carbonyl (C=O) groups is 1. The lowest BCUT2D eigenvalue weighted by Gasteiger charge is -2.33. The number of guanidine groups is 1. The minimum atomic E-state index is -0.00769. The molecular weight excluding hydrogens is 457 g/mol. The smallest absolute Gasteiger partial charge is 0.243 e. The summed E-state index contributed by atoms with van der Waals surface area (Å²) in [5.74, 6) is 1.99. The second-order valence-corrected chi connectivity index (χ2v) is 7.18. The molecule has 1 fully saturated rings. The highest BCUT2D eigenvalue weighted by atomic mass is 127. The highest BCUT2D eigenvalue weighted by Crippen LogP contribution is 2.15. The van der Waals surface area contributed by atoms with Crippen LogP contribution in [0.15, 0.2) is 23.5 Å². The highest BCUT2D eigenvalue weighted by Gasteiger charge is 2.21. The summed E-state index contributed by atoms with van der Waals surface area (Å²) in [4.78, 5) is 28.7. The van der Waals surface area contributed by atoms with Crippen LogP contribution >= 0.6 is 24.0 Å². The summed E-state index contributed by atoms with van der Waals surface area (Å²) in [5, 5.41) is 6.81. The molecule has 1 aliphatic rings. The van der Waals surface area contributed by atoms with Gasteiger partial charge >= 0.3 is 0 Å². The summed E-state index contributed by atoms with van der Waals surface area (Å²) >= 11 is 0. The lowest BCUT2D eigenvalue weighted by atomic mass is 10.1. The maximum Gasteiger partial charge on any atom is 0.243 e. The Morgan fingerprint density at radius 1 is 1.30 bits per heavy atom. The number of amides is 1. The van der Waals surface area contributed by atoms with Crippen LogP contribution in [-0.4, -0.2) is 73.1 Å². The Kier molecular flexibility index (Phi) is 10.3. The normalized spacial score (nSPS) is 15.3. The molecule has 152 valence electrons. The molecule has 1 aromatic heterocycles. The van der Waals surface area contributed by atoms with Crippen LogP contribution in [0.4, 0.5) is 5.95 Å². The van der Waals surface area contributed by atoms with Gasteiger partial charge in [-0.3, -0.25) is 4.79 Å². The predicted octanol–water partition coefficient (Wildman–Crippen LogP) is 1.34. The Morgan fingerprint density at radius 3 is 2.48 bits per heavy atom. The molecule has 0 aromatic carbocycles. The van der Waals surface area contributed by atoms with Crippen molar-refractivity contribution in [3.05, 3.63) is 18.5 Å². The standard InChI is InChI=1S/C18H31N7O.HI/c1-14(2)12-21-17(22-13-16(26)24(3)4)23-15-6-10-25(11-7-15)18-19-8-5-9-20-18;/h5,8-9,14-15H,6-7,10-13H2,1-4H3,(H2,21,22,23);1H. The quantitative estimate of drug-likeness (QED) is 0.357. The molecule has 1 amide bonds. The molecule has 0 saturated carbocycles. The number of hydrogen-bond donors (Lipinski definition) is 2. The minimum absolute atomic E-state index is 0. The highest BCUT2D eigenvalue weighted by molar-refractivity contribution is 14.0. The first-order valence-corrected chi connectivity index (χ1v) is 9.22. The Balaban J connectivity index is 0.00000364. The van der Waals surface area contributed by atoms with Crippen molar-refractivity contribution >= 4 is 41.8 Å². The molecule has 1 aromatic rings. The molecule has 2 heterocycles. The molecule has 0 unspecified atom stereocenters. The van der Waals surface area contributed by atoms with E-state index in [2.05, 4.69) is 44.3 Å². The first-order valence-electron chi connectivity index (χ1n) is 9.22. The van der Waals surface area contributed by atoms with Gasteiger partial charge in [0, 0.05) is 52.2 Å². The molecule has 0 bridgehead atoms. The van der Waals surface area contributed by atoms with Crippen molar-refractivity contribution in [3.8, 4) is 0 Å². The van der Waals surface area contributed by atoms with Crippen LogP contribution in [0.3, 0.4) is 0 Å². The van der Waals surface area contributed by atoms with Crippen LogP contribution in [0.25, 0.3) is 0 Å².